The lowest BCUT2D eigenvalue weighted by atomic mass is 9.44. The first-order chi connectivity index (χ1) is 13.7. The van der Waals surface area contributed by atoms with Crippen LogP contribution in [0.5, 0.6) is 0 Å². The Morgan fingerprint density at radius 2 is 1.83 bits per heavy atom. The minimum atomic E-state index is -0.567. The van der Waals surface area contributed by atoms with Gasteiger partial charge in [0.05, 0.1) is 11.0 Å². The Balaban J connectivity index is 1.71. The van der Waals surface area contributed by atoms with Gasteiger partial charge >= 0.3 is 5.97 Å². The number of fused-ring (bicyclic) bond motifs is 5. The van der Waals surface area contributed by atoms with Crippen LogP contribution in [0.1, 0.15) is 105 Å². The summed E-state index contributed by atoms with van der Waals surface area (Å²) in [5, 5.41) is 22.3. The van der Waals surface area contributed by atoms with Crippen LogP contribution in [0.15, 0.2) is 0 Å². The van der Waals surface area contributed by atoms with E-state index in [0.29, 0.717) is 35.5 Å². The van der Waals surface area contributed by atoms with E-state index in [0.717, 1.165) is 51.4 Å². The van der Waals surface area contributed by atoms with Gasteiger partial charge in [-0.3, -0.25) is 4.79 Å². The highest BCUT2D eigenvalue weighted by Gasteiger charge is 2.68. The summed E-state index contributed by atoms with van der Waals surface area (Å²) in [5.41, 5.74) is -0.871. The van der Waals surface area contributed by atoms with Crippen LogP contribution >= 0.6 is 0 Å². The summed E-state index contributed by atoms with van der Waals surface area (Å²) in [6.07, 6.45) is 12.9. The monoisotopic (exact) mass is 404 g/mol. The maximum Gasteiger partial charge on any atom is 0.310 e. The molecular weight excluding hydrogens is 360 g/mol. The second-order valence-electron chi connectivity index (χ2n) is 11.7. The Bertz CT molecular complexity index is 631. The van der Waals surface area contributed by atoms with Gasteiger partial charge in [0.2, 0.25) is 0 Å². The quantitative estimate of drug-likeness (QED) is 0.566. The normalized spacial score (nSPS) is 50.3. The molecule has 4 saturated carbocycles. The average molecular weight is 405 g/mol. The molecule has 3 heteroatoms. The van der Waals surface area contributed by atoms with Gasteiger partial charge in [-0.1, -0.05) is 53.4 Å². The Hall–Kier alpha value is -0.570. The van der Waals surface area contributed by atoms with Crippen LogP contribution < -0.4 is 0 Å². The first-order valence-electron chi connectivity index (χ1n) is 12.7. The predicted molar refractivity (Wildman–Crippen MR) is 116 cm³/mol. The molecule has 3 nitrogen and oxygen atoms in total. The molecule has 0 aliphatic heterocycles. The molecule has 0 aromatic heterocycles. The highest BCUT2D eigenvalue weighted by molar-refractivity contribution is 5.76. The molecule has 29 heavy (non-hydrogen) atoms. The number of hydrogen-bond donors (Lipinski definition) is 2. The Morgan fingerprint density at radius 3 is 2.48 bits per heavy atom. The van der Waals surface area contributed by atoms with Crippen molar-refractivity contribution in [1.82, 2.24) is 0 Å². The van der Waals surface area contributed by atoms with E-state index in [4.69, 9.17) is 0 Å². The predicted octanol–water partition coefficient (Wildman–Crippen LogP) is 6.29. The Labute approximate surface area is 178 Å². The minimum absolute atomic E-state index is 0.168. The van der Waals surface area contributed by atoms with Crippen LogP contribution in [0, 0.1) is 46.3 Å². The molecule has 0 heterocycles. The Kier molecular flexibility index (Phi) is 5.63. The van der Waals surface area contributed by atoms with E-state index in [1.54, 1.807) is 0 Å². The van der Waals surface area contributed by atoms with Crippen molar-refractivity contribution in [3.8, 4) is 0 Å². The molecule has 0 saturated heterocycles. The lowest BCUT2D eigenvalue weighted by molar-refractivity contribution is -0.180. The number of rotatable bonds is 5. The lowest BCUT2D eigenvalue weighted by Gasteiger charge is -2.60. The maximum atomic E-state index is 12.7. The molecule has 0 spiro atoms. The van der Waals surface area contributed by atoms with Gasteiger partial charge in [0, 0.05) is 0 Å². The van der Waals surface area contributed by atoms with Gasteiger partial charge in [-0.15, -0.1) is 0 Å². The van der Waals surface area contributed by atoms with Crippen molar-refractivity contribution in [3.05, 3.63) is 0 Å². The summed E-state index contributed by atoms with van der Waals surface area (Å²) < 4.78 is 0. The van der Waals surface area contributed by atoms with Crippen molar-refractivity contribution in [1.29, 1.82) is 0 Å². The molecule has 166 valence electrons. The van der Waals surface area contributed by atoms with Gasteiger partial charge in [-0.05, 0) is 92.3 Å². The number of carboxylic acids is 1. The fourth-order valence-electron chi connectivity index (χ4n) is 9.73. The second-order valence-corrected chi connectivity index (χ2v) is 11.7. The van der Waals surface area contributed by atoms with E-state index in [1.807, 2.05) is 0 Å². The van der Waals surface area contributed by atoms with Gasteiger partial charge in [-0.25, -0.2) is 0 Å². The van der Waals surface area contributed by atoms with Crippen LogP contribution in [0.4, 0.5) is 0 Å². The van der Waals surface area contributed by atoms with Crippen LogP contribution in [-0.2, 0) is 4.79 Å². The molecule has 4 fully saturated rings. The standard InChI is InChI=1S/C26H44O3/c1-5-9-17(3)22-24(4)15-13-20-19(21(24)16-25(22,29)6-2)12-11-18-10-7-8-14-26(18,20)23(27)28/h17-22,29H,5-16H2,1-4H3,(H,27,28)/t17-,18?,19-,20+,21+,22-,24+,25?,26-/m1/s1. The fraction of sp³-hybridized carbons (Fsp3) is 0.962. The smallest absolute Gasteiger partial charge is 0.310 e. The van der Waals surface area contributed by atoms with Gasteiger partial charge in [0.25, 0.3) is 0 Å². The largest absolute Gasteiger partial charge is 0.481 e. The minimum Gasteiger partial charge on any atom is -0.481 e. The molecule has 2 N–H and O–H groups in total. The van der Waals surface area contributed by atoms with E-state index in [2.05, 4.69) is 27.7 Å². The molecule has 0 bridgehead atoms. The summed E-state index contributed by atoms with van der Waals surface area (Å²) in [5.74, 6) is 2.11. The average Bonchev–Trinajstić information content (AvgIpc) is 2.95. The second kappa shape index (κ2) is 7.53. The Morgan fingerprint density at radius 1 is 1.07 bits per heavy atom. The van der Waals surface area contributed by atoms with Gasteiger partial charge in [-0.2, -0.15) is 0 Å². The zero-order valence-corrected chi connectivity index (χ0v) is 19.3. The fourth-order valence-corrected chi connectivity index (χ4v) is 9.73. The van der Waals surface area contributed by atoms with Crippen molar-refractivity contribution in [2.24, 2.45) is 46.3 Å². The van der Waals surface area contributed by atoms with Crippen molar-refractivity contribution in [2.45, 2.75) is 110 Å². The van der Waals surface area contributed by atoms with Crippen molar-refractivity contribution in [3.63, 3.8) is 0 Å². The van der Waals surface area contributed by atoms with E-state index in [-0.39, 0.29) is 5.41 Å². The van der Waals surface area contributed by atoms with E-state index in [1.165, 1.54) is 25.7 Å². The summed E-state index contributed by atoms with van der Waals surface area (Å²) >= 11 is 0. The highest BCUT2D eigenvalue weighted by atomic mass is 16.4. The topological polar surface area (TPSA) is 57.5 Å². The summed E-state index contributed by atoms with van der Waals surface area (Å²) in [4.78, 5) is 12.7. The zero-order chi connectivity index (χ0) is 21.0. The third-order valence-electron chi connectivity index (χ3n) is 10.7. The first kappa shape index (κ1) is 21.7. The number of carbonyl (C=O) groups is 1. The van der Waals surface area contributed by atoms with Gasteiger partial charge < -0.3 is 10.2 Å². The molecule has 4 aliphatic rings. The maximum absolute atomic E-state index is 12.7. The molecule has 0 amide bonds. The molecule has 0 radical (unpaired) electrons. The molecule has 2 unspecified atom stereocenters. The van der Waals surface area contributed by atoms with Gasteiger partial charge in [0.1, 0.15) is 0 Å². The number of aliphatic carboxylic acids is 1. The SMILES string of the molecule is CCC[C@@H](C)[C@H]1C(O)(CC)C[C@H]2[C@@H]3CCC4CCCC[C@]4(C(=O)O)[C@H]3CC[C@@]21C. The summed E-state index contributed by atoms with van der Waals surface area (Å²) in [6.45, 7) is 9.26. The van der Waals surface area contributed by atoms with Crippen molar-refractivity contribution >= 4 is 5.97 Å². The molecule has 4 aliphatic carbocycles. The summed E-state index contributed by atoms with van der Waals surface area (Å²) in [7, 11) is 0. The summed E-state index contributed by atoms with van der Waals surface area (Å²) in [6, 6.07) is 0. The molecule has 0 aromatic carbocycles. The van der Waals surface area contributed by atoms with Crippen LogP contribution in [0.3, 0.4) is 0 Å². The lowest BCUT2D eigenvalue weighted by Crippen LogP contribution is -2.57. The van der Waals surface area contributed by atoms with Crippen LogP contribution in [0.2, 0.25) is 0 Å². The van der Waals surface area contributed by atoms with Crippen molar-refractivity contribution < 1.29 is 15.0 Å². The zero-order valence-electron chi connectivity index (χ0n) is 19.3. The van der Waals surface area contributed by atoms with E-state index >= 15 is 0 Å². The number of carboxylic acid groups (broad SMARTS) is 1. The number of hydrogen-bond acceptors (Lipinski definition) is 2. The molecule has 9 atom stereocenters. The molecular formula is C26H44O3. The number of aliphatic hydroxyl groups is 1. The first-order valence-corrected chi connectivity index (χ1v) is 12.7. The van der Waals surface area contributed by atoms with E-state index in [9.17, 15) is 15.0 Å². The van der Waals surface area contributed by atoms with Gasteiger partial charge in [0.15, 0.2) is 0 Å². The third kappa shape index (κ3) is 2.96. The molecule has 0 aromatic rings. The molecule has 4 rings (SSSR count). The van der Waals surface area contributed by atoms with E-state index < -0.39 is 17.0 Å². The van der Waals surface area contributed by atoms with Crippen LogP contribution in [-0.4, -0.2) is 21.8 Å². The van der Waals surface area contributed by atoms with Crippen molar-refractivity contribution in [2.75, 3.05) is 0 Å². The highest BCUT2D eigenvalue weighted by Crippen LogP contribution is 2.70. The third-order valence-corrected chi connectivity index (χ3v) is 10.7. The van der Waals surface area contributed by atoms with Crippen LogP contribution in [0.25, 0.3) is 0 Å².